The number of hydrogen-bond acceptors (Lipinski definition) is 3. The number of hydrogen-bond donors (Lipinski definition) is 0. The second-order valence-corrected chi connectivity index (χ2v) is 8.71. The normalized spacial score (nSPS) is 16.0. The van der Waals surface area contributed by atoms with Crippen LogP contribution in [0.25, 0.3) is 5.57 Å². The van der Waals surface area contributed by atoms with E-state index in [1.54, 1.807) is 14.2 Å². The third kappa shape index (κ3) is 3.24. The number of fused-ring (bicyclic) bond motifs is 4. The number of rotatable bonds is 3. The molecule has 0 atom stereocenters. The molecule has 33 heavy (non-hydrogen) atoms. The molecule has 0 bridgehead atoms. The number of nitrogens with zero attached hydrogens (tertiary/aromatic N) is 1. The maximum Gasteiger partial charge on any atom is 0.416 e. The van der Waals surface area contributed by atoms with E-state index in [-0.39, 0.29) is 0 Å². The summed E-state index contributed by atoms with van der Waals surface area (Å²) >= 11 is 0. The first-order valence-corrected chi connectivity index (χ1v) is 10.5. The molecule has 0 fully saturated rings. The predicted molar refractivity (Wildman–Crippen MR) is 123 cm³/mol. The van der Waals surface area contributed by atoms with Gasteiger partial charge in [0.05, 0.1) is 31.2 Å². The van der Waals surface area contributed by atoms with E-state index in [0.717, 1.165) is 34.0 Å². The molecule has 3 aromatic rings. The topological polar surface area (TPSA) is 30.8 Å². The number of aliphatic imine (C=N–C) groups is 1. The van der Waals surface area contributed by atoms with Crippen LogP contribution in [0.4, 0.5) is 18.9 Å². The van der Waals surface area contributed by atoms with Gasteiger partial charge in [0.15, 0.2) is 0 Å². The molecule has 1 heterocycles. The zero-order valence-electron chi connectivity index (χ0n) is 18.7. The minimum Gasteiger partial charge on any atom is -0.497 e. The molecule has 6 heteroatoms. The molecular weight excluding hydrogens is 427 g/mol. The average molecular weight is 449 g/mol. The third-order valence-corrected chi connectivity index (χ3v) is 6.47. The Balaban J connectivity index is 1.84. The van der Waals surface area contributed by atoms with Gasteiger partial charge in [0.1, 0.15) is 11.5 Å². The Kier molecular flexibility index (Phi) is 4.67. The Bertz CT molecular complexity index is 1330. The summed E-state index contributed by atoms with van der Waals surface area (Å²) in [5, 5.41) is 0. The molecule has 0 spiro atoms. The number of ether oxygens (including phenoxy) is 2. The van der Waals surface area contributed by atoms with E-state index in [9.17, 15) is 13.2 Å². The zero-order valence-corrected chi connectivity index (χ0v) is 18.7. The second-order valence-electron chi connectivity index (χ2n) is 8.71. The Morgan fingerprint density at radius 3 is 2.09 bits per heavy atom. The van der Waals surface area contributed by atoms with Crippen LogP contribution < -0.4 is 9.47 Å². The fraction of sp³-hybridized carbons (Fsp3) is 0.222. The molecule has 3 aromatic carbocycles. The molecule has 5 rings (SSSR count). The van der Waals surface area contributed by atoms with Gasteiger partial charge >= 0.3 is 6.18 Å². The van der Waals surface area contributed by atoms with Crippen molar-refractivity contribution in [3.8, 4) is 11.5 Å². The van der Waals surface area contributed by atoms with Gasteiger partial charge in [-0.15, -0.1) is 0 Å². The van der Waals surface area contributed by atoms with Crippen molar-refractivity contribution in [2.24, 2.45) is 4.99 Å². The Morgan fingerprint density at radius 2 is 1.45 bits per heavy atom. The second kappa shape index (κ2) is 7.24. The zero-order chi connectivity index (χ0) is 23.5. The van der Waals surface area contributed by atoms with Gasteiger partial charge in [0.2, 0.25) is 0 Å². The summed E-state index contributed by atoms with van der Waals surface area (Å²) < 4.78 is 51.6. The molecule has 168 valence electrons. The van der Waals surface area contributed by atoms with Crippen molar-refractivity contribution in [2.45, 2.75) is 25.4 Å². The molecule has 0 aromatic heterocycles. The predicted octanol–water partition coefficient (Wildman–Crippen LogP) is 6.95. The molecule has 0 unspecified atom stereocenters. The van der Waals surface area contributed by atoms with Gasteiger partial charge < -0.3 is 9.47 Å². The largest absolute Gasteiger partial charge is 0.497 e. The Morgan fingerprint density at radius 1 is 0.788 bits per heavy atom. The lowest BCUT2D eigenvalue weighted by Gasteiger charge is -2.34. The van der Waals surface area contributed by atoms with Crippen molar-refractivity contribution in [1.82, 2.24) is 0 Å². The fourth-order valence-corrected chi connectivity index (χ4v) is 4.80. The van der Waals surface area contributed by atoms with E-state index in [0.29, 0.717) is 28.3 Å². The van der Waals surface area contributed by atoms with Crippen LogP contribution in [0.1, 0.15) is 41.7 Å². The number of allylic oxidation sites excluding steroid dienone is 1. The summed E-state index contributed by atoms with van der Waals surface area (Å²) in [4.78, 5) is 4.92. The fourth-order valence-electron chi connectivity index (χ4n) is 4.80. The smallest absolute Gasteiger partial charge is 0.416 e. The van der Waals surface area contributed by atoms with Gasteiger partial charge in [-0.25, -0.2) is 4.99 Å². The maximum absolute atomic E-state index is 13.6. The average Bonchev–Trinajstić information content (AvgIpc) is 3.13. The van der Waals surface area contributed by atoms with Gasteiger partial charge in [-0.1, -0.05) is 32.0 Å². The molecule has 0 amide bonds. The molecule has 2 aliphatic rings. The van der Waals surface area contributed by atoms with E-state index in [1.807, 2.05) is 42.5 Å². The van der Waals surface area contributed by atoms with Gasteiger partial charge in [0.25, 0.3) is 0 Å². The van der Waals surface area contributed by atoms with E-state index in [4.69, 9.17) is 14.5 Å². The summed E-state index contributed by atoms with van der Waals surface area (Å²) in [5.41, 5.74) is 5.01. The van der Waals surface area contributed by atoms with E-state index in [1.165, 1.54) is 12.1 Å². The number of alkyl halides is 3. The van der Waals surface area contributed by atoms with Gasteiger partial charge in [-0.2, -0.15) is 13.2 Å². The molecule has 1 aliphatic carbocycles. The van der Waals surface area contributed by atoms with Crippen LogP contribution in [-0.4, -0.2) is 19.9 Å². The van der Waals surface area contributed by atoms with Crippen molar-refractivity contribution < 1.29 is 22.6 Å². The minimum absolute atomic E-state index is 0.520. The van der Waals surface area contributed by atoms with Crippen LogP contribution >= 0.6 is 0 Å². The van der Waals surface area contributed by atoms with Crippen LogP contribution in [0.3, 0.4) is 0 Å². The van der Waals surface area contributed by atoms with E-state index < -0.39 is 17.2 Å². The first kappa shape index (κ1) is 21.3. The maximum atomic E-state index is 13.6. The first-order valence-electron chi connectivity index (χ1n) is 10.5. The van der Waals surface area contributed by atoms with E-state index in [2.05, 4.69) is 13.8 Å². The van der Waals surface area contributed by atoms with Gasteiger partial charge in [-0.3, -0.25) is 0 Å². The lowest BCUT2D eigenvalue weighted by Crippen LogP contribution is -2.28. The highest BCUT2D eigenvalue weighted by Gasteiger charge is 2.43. The number of methoxy groups -OCH3 is 2. The Labute approximate surface area is 190 Å². The van der Waals surface area contributed by atoms with Crippen LogP contribution in [-0.2, 0) is 11.6 Å². The highest BCUT2D eigenvalue weighted by atomic mass is 19.4. The SMILES string of the molecule is COc1ccc(C2=C3C(=Nc4ccc(OC)cc4C3(C)C)c3ccc(C(F)(F)F)cc32)cc1. The van der Waals surface area contributed by atoms with Crippen LogP contribution in [0.5, 0.6) is 11.5 Å². The van der Waals surface area contributed by atoms with Gasteiger partial charge in [0, 0.05) is 11.0 Å². The third-order valence-electron chi connectivity index (χ3n) is 6.47. The molecule has 0 radical (unpaired) electrons. The number of benzene rings is 3. The summed E-state index contributed by atoms with van der Waals surface area (Å²) in [6, 6.07) is 17.0. The minimum atomic E-state index is -4.44. The van der Waals surface area contributed by atoms with Crippen molar-refractivity contribution >= 4 is 17.0 Å². The molecule has 0 saturated heterocycles. The van der Waals surface area contributed by atoms with Crippen LogP contribution in [0.15, 0.2) is 71.2 Å². The number of halogens is 3. The molecule has 1 aliphatic heterocycles. The highest BCUT2D eigenvalue weighted by molar-refractivity contribution is 6.28. The van der Waals surface area contributed by atoms with Crippen molar-refractivity contribution in [3.05, 3.63) is 94.1 Å². The highest BCUT2D eigenvalue weighted by Crippen LogP contribution is 2.53. The van der Waals surface area contributed by atoms with E-state index >= 15 is 0 Å². The lowest BCUT2D eigenvalue weighted by molar-refractivity contribution is -0.137. The first-order chi connectivity index (χ1) is 15.6. The summed E-state index contributed by atoms with van der Waals surface area (Å²) in [5.74, 6) is 1.39. The van der Waals surface area contributed by atoms with Gasteiger partial charge in [-0.05, 0) is 70.3 Å². The summed E-state index contributed by atoms with van der Waals surface area (Å²) in [6.07, 6.45) is -4.44. The van der Waals surface area contributed by atoms with Crippen molar-refractivity contribution in [1.29, 1.82) is 0 Å². The van der Waals surface area contributed by atoms with Crippen molar-refractivity contribution in [3.63, 3.8) is 0 Å². The van der Waals surface area contributed by atoms with Crippen LogP contribution in [0.2, 0.25) is 0 Å². The Hall–Kier alpha value is -3.54. The monoisotopic (exact) mass is 449 g/mol. The standard InChI is InChI=1S/C27H22F3NO2/c1-26(2)21-14-18(33-4)10-12-22(21)31-25-19-11-7-16(27(28,29)30)13-20(19)23(24(25)26)15-5-8-17(32-3)9-6-15/h5-14H,1-4H3. The molecule has 3 nitrogen and oxygen atoms in total. The quantitative estimate of drug-likeness (QED) is 0.433. The lowest BCUT2D eigenvalue weighted by atomic mass is 9.71. The summed E-state index contributed by atoms with van der Waals surface area (Å²) in [7, 11) is 3.19. The molecule has 0 N–H and O–H groups in total. The van der Waals surface area contributed by atoms with Crippen LogP contribution in [0, 0.1) is 0 Å². The molecule has 0 saturated carbocycles. The summed E-state index contributed by atoms with van der Waals surface area (Å²) in [6.45, 7) is 4.16. The molecular formula is C27H22F3NO2. The van der Waals surface area contributed by atoms with Crippen molar-refractivity contribution in [2.75, 3.05) is 14.2 Å².